The van der Waals surface area contributed by atoms with Gasteiger partial charge in [0, 0.05) is 24.8 Å². The number of nitrogens with zero attached hydrogens (tertiary/aromatic N) is 4. The molecule has 4 heterocycles. The molecule has 3 aromatic rings. The third-order valence-electron chi connectivity index (χ3n) is 8.63. The minimum atomic E-state index is -0.463. The Morgan fingerprint density at radius 2 is 1.93 bits per heavy atom. The molecule has 1 saturated carbocycles. The molecule has 10 nitrogen and oxygen atoms in total. The number of carbonyl (C=O) groups excluding carboxylic acids is 3. The van der Waals surface area contributed by atoms with Crippen molar-refractivity contribution in [3.05, 3.63) is 83.6 Å². The lowest BCUT2D eigenvalue weighted by molar-refractivity contribution is -0.132. The van der Waals surface area contributed by atoms with Crippen LogP contribution in [0.1, 0.15) is 42.9 Å². The van der Waals surface area contributed by atoms with Crippen LogP contribution in [-0.4, -0.2) is 46.2 Å². The van der Waals surface area contributed by atoms with Crippen LogP contribution in [0, 0.1) is 30.1 Å². The first-order valence-corrected chi connectivity index (χ1v) is 16.1. The maximum atomic E-state index is 13.7. The van der Waals surface area contributed by atoms with Gasteiger partial charge in [-0.3, -0.25) is 14.5 Å². The lowest BCUT2D eigenvalue weighted by atomic mass is 9.96. The topological polar surface area (TPSA) is 128 Å². The number of nitriles is 1. The maximum Gasteiger partial charge on any atom is 0.327 e. The van der Waals surface area contributed by atoms with Crippen molar-refractivity contribution in [2.24, 2.45) is 11.8 Å². The molecule has 45 heavy (non-hydrogen) atoms. The van der Waals surface area contributed by atoms with Crippen LogP contribution in [0.5, 0.6) is 11.5 Å². The Bertz CT molecular complexity index is 1750. The zero-order chi connectivity index (χ0) is 31.1. The van der Waals surface area contributed by atoms with Crippen LogP contribution in [-0.2, 0) is 9.59 Å². The van der Waals surface area contributed by atoms with Crippen molar-refractivity contribution in [2.45, 2.75) is 49.0 Å². The smallest absolute Gasteiger partial charge is 0.327 e. The van der Waals surface area contributed by atoms with Crippen molar-refractivity contribution in [2.75, 3.05) is 18.0 Å². The predicted molar refractivity (Wildman–Crippen MR) is 169 cm³/mol. The van der Waals surface area contributed by atoms with Crippen LogP contribution in [0.15, 0.2) is 77.5 Å². The molecule has 0 radical (unpaired) electrons. The molecule has 0 bridgehead atoms. The number of hydrogen-bond donors (Lipinski definition) is 2. The van der Waals surface area contributed by atoms with Gasteiger partial charge in [-0.15, -0.1) is 0 Å². The van der Waals surface area contributed by atoms with E-state index in [-0.39, 0.29) is 30.0 Å². The molecule has 4 amide bonds. The van der Waals surface area contributed by atoms with Gasteiger partial charge in [-0.2, -0.15) is 5.26 Å². The lowest BCUT2D eigenvalue weighted by Gasteiger charge is -2.36. The number of thioether (sulfide) groups is 1. The van der Waals surface area contributed by atoms with Crippen LogP contribution >= 0.6 is 11.8 Å². The van der Waals surface area contributed by atoms with Gasteiger partial charge in [-0.1, -0.05) is 36.0 Å². The Balaban J connectivity index is 1.07. The Hall–Kier alpha value is -4.82. The number of anilines is 2. The van der Waals surface area contributed by atoms with Gasteiger partial charge in [0.05, 0.1) is 23.3 Å². The van der Waals surface area contributed by atoms with E-state index < -0.39 is 17.3 Å². The van der Waals surface area contributed by atoms with Gasteiger partial charge in [0.25, 0.3) is 5.91 Å². The third-order valence-corrected chi connectivity index (χ3v) is 9.83. The van der Waals surface area contributed by atoms with Crippen LogP contribution in [0.3, 0.4) is 0 Å². The van der Waals surface area contributed by atoms with Crippen molar-refractivity contribution in [1.82, 2.24) is 20.5 Å². The second-order valence-corrected chi connectivity index (χ2v) is 13.0. The number of nitrogens with one attached hydrogen (secondary N) is 2. The quantitative estimate of drug-likeness (QED) is 0.255. The molecule has 3 unspecified atom stereocenters. The molecule has 11 heteroatoms. The van der Waals surface area contributed by atoms with Crippen molar-refractivity contribution in [3.63, 3.8) is 0 Å². The van der Waals surface area contributed by atoms with Gasteiger partial charge in [0.15, 0.2) is 0 Å². The summed E-state index contributed by atoms with van der Waals surface area (Å²) in [5.74, 6) is 0.825. The van der Waals surface area contributed by atoms with Crippen LogP contribution < -0.4 is 20.3 Å². The highest BCUT2D eigenvalue weighted by molar-refractivity contribution is 8.00. The number of urea groups is 1. The number of aromatic nitrogens is 1. The SMILES string of the molecule is Cc1cc(Oc2ccccc2)ccc1N1C(=O)NC2c3c1ccnc3SC2NC(=O)C1CCCN(C(=O)/C(C#N)=C/C2CC2)C1. The van der Waals surface area contributed by atoms with E-state index in [1.54, 1.807) is 22.1 Å². The van der Waals surface area contributed by atoms with Crippen LogP contribution in [0.4, 0.5) is 16.2 Å². The van der Waals surface area contributed by atoms with E-state index in [4.69, 9.17) is 4.74 Å². The van der Waals surface area contributed by atoms with Gasteiger partial charge in [0.2, 0.25) is 5.91 Å². The van der Waals surface area contributed by atoms with Crippen molar-refractivity contribution in [3.8, 4) is 17.6 Å². The molecule has 7 rings (SSSR count). The van der Waals surface area contributed by atoms with Gasteiger partial charge in [-0.05, 0) is 80.5 Å². The number of amides is 4. The number of piperidine rings is 1. The van der Waals surface area contributed by atoms with Crippen molar-refractivity contribution in [1.29, 1.82) is 5.26 Å². The Labute approximate surface area is 265 Å². The van der Waals surface area contributed by atoms with E-state index in [9.17, 15) is 19.6 Å². The number of benzene rings is 2. The fourth-order valence-electron chi connectivity index (χ4n) is 6.20. The summed E-state index contributed by atoms with van der Waals surface area (Å²) in [6.45, 7) is 2.72. The highest BCUT2D eigenvalue weighted by Gasteiger charge is 2.45. The Morgan fingerprint density at radius 1 is 1.11 bits per heavy atom. The van der Waals surface area contributed by atoms with Crippen LogP contribution in [0.25, 0.3) is 0 Å². The van der Waals surface area contributed by atoms with E-state index in [1.807, 2.05) is 61.5 Å². The number of allylic oxidation sites excluding steroid dienone is 1. The molecule has 228 valence electrons. The number of likely N-dealkylation sites (tertiary alicyclic amines) is 1. The van der Waals surface area contributed by atoms with Gasteiger partial charge in [-0.25, -0.2) is 9.78 Å². The minimum absolute atomic E-state index is 0.169. The summed E-state index contributed by atoms with van der Waals surface area (Å²) in [7, 11) is 0. The first kappa shape index (κ1) is 28.9. The fourth-order valence-corrected chi connectivity index (χ4v) is 7.43. The third kappa shape index (κ3) is 5.73. The molecule has 2 N–H and O–H groups in total. The lowest BCUT2D eigenvalue weighted by Crippen LogP contribution is -2.52. The van der Waals surface area contributed by atoms with E-state index in [1.165, 1.54) is 11.8 Å². The summed E-state index contributed by atoms with van der Waals surface area (Å²) in [6, 6.07) is 18.3. The number of hydrogen-bond acceptors (Lipinski definition) is 7. The number of aryl methyl sites for hydroxylation is 1. The highest BCUT2D eigenvalue weighted by Crippen LogP contribution is 2.50. The summed E-state index contributed by atoms with van der Waals surface area (Å²) in [6.07, 6.45) is 6.79. The van der Waals surface area contributed by atoms with E-state index in [2.05, 4.69) is 21.7 Å². The number of rotatable bonds is 7. The van der Waals surface area contributed by atoms with Gasteiger partial charge >= 0.3 is 6.03 Å². The largest absolute Gasteiger partial charge is 0.457 e. The van der Waals surface area contributed by atoms with E-state index in [0.29, 0.717) is 31.1 Å². The zero-order valence-corrected chi connectivity index (χ0v) is 25.5. The highest BCUT2D eigenvalue weighted by atomic mass is 32.2. The summed E-state index contributed by atoms with van der Waals surface area (Å²) in [5.41, 5.74) is 3.33. The monoisotopic (exact) mass is 620 g/mol. The second-order valence-electron chi connectivity index (χ2n) is 11.8. The predicted octanol–water partition coefficient (Wildman–Crippen LogP) is 5.73. The summed E-state index contributed by atoms with van der Waals surface area (Å²) in [4.78, 5) is 48.1. The fraction of sp³-hybridized carbons (Fsp3) is 0.324. The molecule has 3 atom stereocenters. The number of pyridine rings is 1. The maximum absolute atomic E-state index is 13.7. The first-order valence-electron chi connectivity index (χ1n) is 15.2. The van der Waals surface area contributed by atoms with Gasteiger partial charge < -0.3 is 20.3 Å². The molecule has 1 aliphatic carbocycles. The Kier molecular flexibility index (Phi) is 7.67. The standard InChI is InChI=1S/C34H32N6O4S/c1-20-16-25(44-24-7-3-2-4-8-24)11-12-26(20)40-27-13-14-36-31-28(27)29(37-34(40)43)32(45-31)38-30(41)22-6-5-15-39(19-22)33(42)23(18-35)17-21-9-10-21/h2-4,7-8,11-14,16-17,21-22,29,32H,5-6,9-10,15,19H2,1H3,(H,37,43)(H,38,41)/b23-17+. The molecular formula is C34H32N6O4S. The van der Waals surface area contributed by atoms with E-state index in [0.717, 1.165) is 46.1 Å². The average Bonchev–Trinajstić information content (AvgIpc) is 3.81. The molecule has 0 spiro atoms. The zero-order valence-electron chi connectivity index (χ0n) is 24.7. The minimum Gasteiger partial charge on any atom is -0.457 e. The van der Waals surface area contributed by atoms with Crippen molar-refractivity contribution >= 4 is 41.0 Å². The number of para-hydroxylation sites is 1. The molecule has 1 saturated heterocycles. The molecule has 1 aromatic heterocycles. The summed E-state index contributed by atoms with van der Waals surface area (Å²) in [5, 5.41) is 16.1. The molecular weight excluding hydrogens is 588 g/mol. The summed E-state index contributed by atoms with van der Waals surface area (Å²) < 4.78 is 5.99. The van der Waals surface area contributed by atoms with Crippen LogP contribution in [0.2, 0.25) is 0 Å². The van der Waals surface area contributed by atoms with Crippen molar-refractivity contribution < 1.29 is 19.1 Å². The normalized spacial score (nSPS) is 22.3. The Morgan fingerprint density at radius 3 is 2.69 bits per heavy atom. The first-order chi connectivity index (χ1) is 21.9. The number of carbonyl (C=O) groups is 3. The number of ether oxygens (including phenoxy) is 1. The molecule has 4 aliphatic rings. The second kappa shape index (κ2) is 11.9. The molecule has 3 aliphatic heterocycles. The van der Waals surface area contributed by atoms with Gasteiger partial charge in [0.1, 0.15) is 33.5 Å². The average molecular weight is 621 g/mol. The molecule has 2 fully saturated rings. The molecule has 2 aromatic carbocycles. The van der Waals surface area contributed by atoms with E-state index >= 15 is 0 Å². The summed E-state index contributed by atoms with van der Waals surface area (Å²) >= 11 is 1.41.